The van der Waals surface area contributed by atoms with Gasteiger partial charge in [-0.05, 0) is 60.8 Å². The summed E-state index contributed by atoms with van der Waals surface area (Å²) in [5.74, 6) is 0.667. The Morgan fingerprint density at radius 2 is 1.67 bits per heavy atom. The molecule has 8 nitrogen and oxygen atoms in total. The Labute approximate surface area is 228 Å². The zero-order valence-electron chi connectivity index (χ0n) is 21.8. The standard InChI is InChI=1S/C31H34N2O6/c34-29(25-10-4-6-22(18-25)19-27-37-16-17-38-27)31(12-14-32-15-13-31)21-39-26-11-5-9-24(20-26)28(33-30(35)36)23-7-2-1-3-8-23/h1-11,18,20,27-28,32-33H,12-17,19,21H2,(H,35,36)/t28-/m0/s1. The minimum absolute atomic E-state index is 0.0740. The smallest absolute Gasteiger partial charge is 0.405 e. The number of hydrogen-bond donors (Lipinski definition) is 3. The van der Waals surface area contributed by atoms with E-state index in [-0.39, 0.29) is 18.7 Å². The Kier molecular flexibility index (Phi) is 8.56. The van der Waals surface area contributed by atoms with Gasteiger partial charge >= 0.3 is 6.09 Å². The molecule has 5 rings (SSSR count). The van der Waals surface area contributed by atoms with Gasteiger partial charge in [0.2, 0.25) is 0 Å². The van der Waals surface area contributed by atoms with Gasteiger partial charge in [-0.15, -0.1) is 0 Å². The van der Waals surface area contributed by atoms with Crippen LogP contribution < -0.4 is 15.4 Å². The van der Waals surface area contributed by atoms with Gasteiger partial charge in [-0.2, -0.15) is 0 Å². The number of benzene rings is 3. The summed E-state index contributed by atoms with van der Waals surface area (Å²) in [5, 5.41) is 15.4. The number of carbonyl (C=O) groups excluding carboxylic acids is 1. The monoisotopic (exact) mass is 530 g/mol. The first-order valence-corrected chi connectivity index (χ1v) is 13.4. The third-order valence-corrected chi connectivity index (χ3v) is 7.43. The molecule has 0 bridgehead atoms. The molecule has 2 aliphatic rings. The van der Waals surface area contributed by atoms with E-state index in [1.54, 1.807) is 0 Å². The summed E-state index contributed by atoms with van der Waals surface area (Å²) >= 11 is 0. The van der Waals surface area contributed by atoms with Crippen LogP contribution in [0.2, 0.25) is 0 Å². The highest BCUT2D eigenvalue weighted by Gasteiger charge is 2.41. The number of nitrogens with one attached hydrogen (secondary N) is 2. The Hall–Kier alpha value is -3.72. The molecule has 0 spiro atoms. The van der Waals surface area contributed by atoms with Gasteiger partial charge in [-0.1, -0.05) is 60.7 Å². The van der Waals surface area contributed by atoms with Crippen LogP contribution in [0.4, 0.5) is 4.79 Å². The average molecular weight is 531 g/mol. The maximum atomic E-state index is 14.0. The molecule has 3 N–H and O–H groups in total. The summed E-state index contributed by atoms with van der Waals surface area (Å²) in [5.41, 5.74) is 2.59. The second kappa shape index (κ2) is 12.4. The molecule has 2 saturated heterocycles. The van der Waals surface area contributed by atoms with E-state index in [1.165, 1.54) is 0 Å². The normalized spacial score (nSPS) is 17.8. The predicted octanol–water partition coefficient (Wildman–Crippen LogP) is 4.59. The molecule has 0 radical (unpaired) electrons. The third kappa shape index (κ3) is 6.65. The first kappa shape index (κ1) is 26.9. The largest absolute Gasteiger partial charge is 0.493 e. The Morgan fingerprint density at radius 1 is 0.949 bits per heavy atom. The molecular weight excluding hydrogens is 496 g/mol. The number of carboxylic acid groups (broad SMARTS) is 1. The zero-order valence-corrected chi connectivity index (χ0v) is 21.8. The van der Waals surface area contributed by atoms with Crippen molar-refractivity contribution in [3.63, 3.8) is 0 Å². The fraction of sp³-hybridized carbons (Fsp3) is 0.355. The van der Waals surface area contributed by atoms with Crippen molar-refractivity contribution < 1.29 is 28.9 Å². The van der Waals surface area contributed by atoms with E-state index in [0.717, 1.165) is 29.8 Å². The Morgan fingerprint density at radius 3 is 2.41 bits per heavy atom. The summed E-state index contributed by atoms with van der Waals surface area (Å²) in [6, 6.07) is 24.0. The van der Waals surface area contributed by atoms with Crippen molar-refractivity contribution in [3.8, 4) is 5.75 Å². The van der Waals surface area contributed by atoms with Gasteiger partial charge in [0.15, 0.2) is 12.1 Å². The summed E-state index contributed by atoms with van der Waals surface area (Å²) in [6.45, 7) is 2.89. The average Bonchev–Trinajstić information content (AvgIpc) is 3.49. The van der Waals surface area contributed by atoms with Crippen molar-refractivity contribution in [1.82, 2.24) is 10.6 Å². The molecule has 1 atom stereocenters. The van der Waals surface area contributed by atoms with E-state index in [0.29, 0.717) is 43.8 Å². The van der Waals surface area contributed by atoms with Crippen molar-refractivity contribution in [2.45, 2.75) is 31.6 Å². The number of ketones is 1. The lowest BCUT2D eigenvalue weighted by molar-refractivity contribution is -0.0400. The van der Waals surface area contributed by atoms with Crippen LogP contribution in [0.25, 0.3) is 0 Å². The number of ether oxygens (including phenoxy) is 3. The topological polar surface area (TPSA) is 106 Å². The van der Waals surface area contributed by atoms with Gasteiger partial charge < -0.3 is 30.0 Å². The summed E-state index contributed by atoms with van der Waals surface area (Å²) < 4.78 is 17.5. The number of amides is 1. The van der Waals surface area contributed by atoms with E-state index in [9.17, 15) is 14.7 Å². The minimum Gasteiger partial charge on any atom is -0.493 e. The van der Waals surface area contributed by atoms with E-state index in [2.05, 4.69) is 10.6 Å². The third-order valence-electron chi connectivity index (χ3n) is 7.43. The molecule has 0 saturated carbocycles. The number of Topliss-reactive ketones (excluding diaryl/α,β-unsaturated/α-hetero) is 1. The Balaban J connectivity index is 1.34. The van der Waals surface area contributed by atoms with Gasteiger partial charge in [0.25, 0.3) is 0 Å². The van der Waals surface area contributed by atoms with Gasteiger partial charge in [0, 0.05) is 12.0 Å². The highest BCUT2D eigenvalue weighted by atomic mass is 16.7. The van der Waals surface area contributed by atoms with Crippen LogP contribution in [-0.4, -0.2) is 56.2 Å². The van der Waals surface area contributed by atoms with Crippen molar-refractivity contribution in [3.05, 3.63) is 101 Å². The molecule has 2 fully saturated rings. The van der Waals surface area contributed by atoms with Crippen molar-refractivity contribution in [1.29, 1.82) is 0 Å². The molecule has 2 aliphatic heterocycles. The minimum atomic E-state index is -1.11. The van der Waals surface area contributed by atoms with Crippen molar-refractivity contribution in [2.75, 3.05) is 32.9 Å². The molecule has 0 aliphatic carbocycles. The van der Waals surface area contributed by atoms with Gasteiger partial charge in [0.1, 0.15) is 12.4 Å². The zero-order chi connectivity index (χ0) is 27.1. The molecule has 3 aromatic rings. The number of carbonyl (C=O) groups is 2. The van der Waals surface area contributed by atoms with Crippen LogP contribution in [0.15, 0.2) is 78.9 Å². The van der Waals surface area contributed by atoms with Crippen LogP contribution >= 0.6 is 0 Å². The summed E-state index contributed by atoms with van der Waals surface area (Å²) in [6.07, 6.45) is 0.554. The lowest BCUT2D eigenvalue weighted by Gasteiger charge is -2.36. The summed E-state index contributed by atoms with van der Waals surface area (Å²) in [7, 11) is 0. The molecule has 2 heterocycles. The van der Waals surface area contributed by atoms with E-state index >= 15 is 0 Å². The van der Waals surface area contributed by atoms with Gasteiger partial charge in [0.05, 0.1) is 24.7 Å². The second-order valence-corrected chi connectivity index (χ2v) is 10.1. The molecule has 3 aromatic carbocycles. The summed E-state index contributed by atoms with van der Waals surface area (Å²) in [4.78, 5) is 25.5. The molecule has 0 unspecified atom stereocenters. The van der Waals surface area contributed by atoms with Gasteiger partial charge in [-0.3, -0.25) is 4.79 Å². The fourth-order valence-electron chi connectivity index (χ4n) is 5.34. The maximum absolute atomic E-state index is 14.0. The Bertz CT molecular complexity index is 1270. The molecular formula is C31H34N2O6. The van der Waals surface area contributed by atoms with E-state index in [4.69, 9.17) is 14.2 Å². The van der Waals surface area contributed by atoms with Crippen LogP contribution in [0.1, 0.15) is 45.9 Å². The van der Waals surface area contributed by atoms with Crippen LogP contribution in [-0.2, 0) is 15.9 Å². The van der Waals surface area contributed by atoms with Crippen molar-refractivity contribution >= 4 is 11.9 Å². The number of rotatable bonds is 10. The van der Waals surface area contributed by atoms with Crippen LogP contribution in [0.3, 0.4) is 0 Å². The number of piperidine rings is 1. The molecule has 8 heteroatoms. The molecule has 0 aromatic heterocycles. The second-order valence-electron chi connectivity index (χ2n) is 10.1. The SMILES string of the molecule is O=C(O)N[C@@H](c1ccccc1)c1cccc(OCC2(C(=O)c3cccc(CC4OCCO4)c3)CCNCC2)c1. The fourth-order valence-corrected chi connectivity index (χ4v) is 5.34. The van der Waals surface area contributed by atoms with E-state index in [1.807, 2.05) is 78.9 Å². The number of hydrogen-bond acceptors (Lipinski definition) is 6. The molecule has 39 heavy (non-hydrogen) atoms. The lowest BCUT2D eigenvalue weighted by Crippen LogP contribution is -2.46. The first-order chi connectivity index (χ1) is 19.0. The van der Waals surface area contributed by atoms with Crippen molar-refractivity contribution in [2.24, 2.45) is 5.41 Å². The van der Waals surface area contributed by atoms with Gasteiger partial charge in [-0.25, -0.2) is 4.79 Å². The predicted molar refractivity (Wildman–Crippen MR) is 146 cm³/mol. The molecule has 1 amide bonds. The first-order valence-electron chi connectivity index (χ1n) is 13.4. The quantitative estimate of drug-likeness (QED) is 0.329. The van der Waals surface area contributed by atoms with E-state index < -0.39 is 17.6 Å². The maximum Gasteiger partial charge on any atom is 0.405 e. The highest BCUT2D eigenvalue weighted by molar-refractivity contribution is 6.01. The van der Waals surface area contributed by atoms with Crippen LogP contribution in [0, 0.1) is 5.41 Å². The lowest BCUT2D eigenvalue weighted by atomic mass is 9.73. The highest BCUT2D eigenvalue weighted by Crippen LogP contribution is 2.35. The molecule has 204 valence electrons. The van der Waals surface area contributed by atoms with Crippen LogP contribution in [0.5, 0.6) is 5.75 Å².